The Morgan fingerprint density at radius 3 is 2.29 bits per heavy atom. The first-order valence-electron chi connectivity index (χ1n) is 11.1. The maximum Gasteiger partial charge on any atom is 0.335 e. The Morgan fingerprint density at radius 2 is 1.59 bits per heavy atom. The first-order chi connectivity index (χ1) is 16.4. The number of hydrogen-bond donors (Lipinski definition) is 2. The number of hydrogen-bond acceptors (Lipinski definition) is 4. The zero-order chi connectivity index (χ0) is 23.8. The van der Waals surface area contributed by atoms with Crippen LogP contribution < -0.4 is 11.2 Å². The van der Waals surface area contributed by atoms with Crippen molar-refractivity contribution in [2.75, 3.05) is 0 Å². The minimum absolute atomic E-state index is 0.0112. The predicted octanol–water partition coefficient (Wildman–Crippen LogP) is 5.03. The van der Waals surface area contributed by atoms with E-state index >= 15 is 0 Å². The molecule has 0 unspecified atom stereocenters. The molecule has 34 heavy (non-hydrogen) atoms. The molecule has 0 fully saturated rings. The summed E-state index contributed by atoms with van der Waals surface area (Å²) >= 11 is 0. The van der Waals surface area contributed by atoms with Gasteiger partial charge in [-0.2, -0.15) is 0 Å². The third kappa shape index (κ3) is 3.69. The number of nitrogens with zero attached hydrogens (tertiary/aromatic N) is 2. The molecule has 2 heterocycles. The van der Waals surface area contributed by atoms with Gasteiger partial charge in [0.05, 0.1) is 17.1 Å². The van der Waals surface area contributed by atoms with Crippen LogP contribution in [0, 0.1) is 0 Å². The lowest BCUT2D eigenvalue weighted by atomic mass is 9.96. The quantitative estimate of drug-likeness (QED) is 0.458. The molecule has 6 nitrogen and oxygen atoms in total. The molecule has 1 aromatic heterocycles. The molecule has 0 amide bonds. The number of aliphatic imine (C=N–C) groups is 1. The second-order valence-electron chi connectivity index (χ2n) is 8.48. The molecule has 5 rings (SSSR count). The molecule has 168 valence electrons. The van der Waals surface area contributed by atoms with Gasteiger partial charge in [0.15, 0.2) is 0 Å². The molecule has 2 N–H and O–H groups in total. The number of H-pyrrole nitrogens is 1. The van der Waals surface area contributed by atoms with Gasteiger partial charge in [0.25, 0.3) is 5.56 Å². The number of fused-ring (bicyclic) bond motifs is 1. The van der Waals surface area contributed by atoms with Crippen LogP contribution >= 0.6 is 0 Å². The molecule has 0 saturated carbocycles. The van der Waals surface area contributed by atoms with E-state index in [1.807, 2.05) is 66.7 Å². The highest BCUT2D eigenvalue weighted by Gasteiger charge is 2.24. The average Bonchev–Trinajstić information content (AvgIpc) is 3.21. The highest BCUT2D eigenvalue weighted by molar-refractivity contribution is 6.39. The number of aromatic hydroxyl groups is 1. The zero-order valence-corrected chi connectivity index (χ0v) is 18.8. The van der Waals surface area contributed by atoms with E-state index < -0.39 is 17.1 Å². The van der Waals surface area contributed by atoms with E-state index in [1.54, 1.807) is 18.2 Å². The number of rotatable bonds is 4. The van der Waals surface area contributed by atoms with Crippen molar-refractivity contribution in [3.05, 3.63) is 122 Å². The molecule has 0 saturated heterocycles. The summed E-state index contributed by atoms with van der Waals surface area (Å²) in [5.74, 6) is -0.0938. The monoisotopic (exact) mass is 449 g/mol. The van der Waals surface area contributed by atoms with Gasteiger partial charge in [0, 0.05) is 16.7 Å². The van der Waals surface area contributed by atoms with Crippen molar-refractivity contribution in [3.8, 4) is 11.6 Å². The Kier molecular flexibility index (Phi) is 5.34. The summed E-state index contributed by atoms with van der Waals surface area (Å²) in [7, 11) is 0. The van der Waals surface area contributed by atoms with Crippen LogP contribution in [0.2, 0.25) is 0 Å². The summed E-state index contributed by atoms with van der Waals surface area (Å²) < 4.78 is 1.11. The van der Waals surface area contributed by atoms with Crippen molar-refractivity contribution < 1.29 is 5.11 Å². The fourth-order valence-electron chi connectivity index (χ4n) is 4.13. The first kappa shape index (κ1) is 21.4. The highest BCUT2D eigenvalue weighted by Crippen LogP contribution is 2.38. The lowest BCUT2D eigenvalue weighted by Gasteiger charge is -2.12. The van der Waals surface area contributed by atoms with Gasteiger partial charge in [-0.15, -0.1) is 0 Å². The van der Waals surface area contributed by atoms with Crippen LogP contribution in [0.3, 0.4) is 0 Å². The maximum atomic E-state index is 12.8. The molecule has 4 aromatic rings. The smallest absolute Gasteiger partial charge is 0.335 e. The number of para-hydroxylation sites is 1. The van der Waals surface area contributed by atoms with Gasteiger partial charge < -0.3 is 5.11 Å². The topological polar surface area (TPSA) is 87.4 Å². The normalized spacial score (nSPS) is 13.9. The van der Waals surface area contributed by atoms with Crippen LogP contribution in [-0.2, 0) is 0 Å². The van der Waals surface area contributed by atoms with E-state index in [-0.39, 0.29) is 5.56 Å². The largest absolute Gasteiger partial charge is 0.494 e. The average molecular weight is 450 g/mol. The van der Waals surface area contributed by atoms with Crippen molar-refractivity contribution in [2.24, 2.45) is 4.99 Å². The van der Waals surface area contributed by atoms with Crippen molar-refractivity contribution >= 4 is 23.0 Å². The molecule has 1 aliphatic heterocycles. The van der Waals surface area contributed by atoms with Crippen LogP contribution in [0.4, 0.5) is 5.69 Å². The standard InChI is InChI=1S/C28H23N3O3/c1-17(2)18-12-14-20(15-13-18)31-27(33)23(26(32)30-28(31)34)16-22-21-10-6-7-11-24(21)29-25(22)19-8-4-3-5-9-19/h3-17,33H,1-2H3,(H,30,32,34)/b22-16+. The van der Waals surface area contributed by atoms with Crippen LogP contribution in [0.15, 0.2) is 93.4 Å². The number of allylic oxidation sites excluding steroid dienone is 1. The Bertz CT molecular complexity index is 1560. The third-order valence-electron chi connectivity index (χ3n) is 5.96. The summed E-state index contributed by atoms with van der Waals surface area (Å²) in [5.41, 5.74) is 4.10. The molecule has 3 aromatic carbocycles. The lowest BCUT2D eigenvalue weighted by molar-refractivity contribution is 0.429. The van der Waals surface area contributed by atoms with Gasteiger partial charge in [-0.05, 0) is 35.8 Å². The van der Waals surface area contributed by atoms with Gasteiger partial charge in [-0.25, -0.2) is 14.4 Å². The van der Waals surface area contributed by atoms with Crippen molar-refractivity contribution in [2.45, 2.75) is 19.8 Å². The minimum Gasteiger partial charge on any atom is -0.494 e. The van der Waals surface area contributed by atoms with Crippen LogP contribution in [0.25, 0.3) is 17.3 Å². The van der Waals surface area contributed by atoms with E-state index in [0.29, 0.717) is 22.9 Å². The number of benzene rings is 3. The van der Waals surface area contributed by atoms with Crippen LogP contribution in [-0.4, -0.2) is 20.4 Å². The summed E-state index contributed by atoms with van der Waals surface area (Å²) in [6, 6.07) is 24.6. The van der Waals surface area contributed by atoms with E-state index in [9.17, 15) is 14.7 Å². The lowest BCUT2D eigenvalue weighted by Crippen LogP contribution is -2.30. The van der Waals surface area contributed by atoms with E-state index in [4.69, 9.17) is 4.99 Å². The fourth-order valence-corrected chi connectivity index (χ4v) is 4.13. The maximum absolute atomic E-state index is 12.8. The Morgan fingerprint density at radius 1 is 0.912 bits per heavy atom. The second-order valence-corrected chi connectivity index (χ2v) is 8.48. The Hall–Kier alpha value is -4.45. The molecule has 0 spiro atoms. The Labute approximate surface area is 196 Å². The van der Waals surface area contributed by atoms with Gasteiger partial charge in [-0.3, -0.25) is 9.78 Å². The van der Waals surface area contributed by atoms with Crippen molar-refractivity contribution in [1.29, 1.82) is 0 Å². The molecule has 0 aliphatic carbocycles. The molecule has 6 heteroatoms. The van der Waals surface area contributed by atoms with Crippen LogP contribution in [0.5, 0.6) is 5.88 Å². The number of nitrogens with one attached hydrogen (secondary N) is 1. The molecule has 0 radical (unpaired) electrons. The molecular formula is C28H23N3O3. The summed E-state index contributed by atoms with van der Waals surface area (Å²) in [4.78, 5) is 32.6. The van der Waals surface area contributed by atoms with Crippen molar-refractivity contribution in [3.63, 3.8) is 0 Å². The van der Waals surface area contributed by atoms with E-state index in [0.717, 1.165) is 26.9 Å². The Balaban J connectivity index is 1.70. The van der Waals surface area contributed by atoms with Crippen molar-refractivity contribution in [1.82, 2.24) is 9.55 Å². The van der Waals surface area contributed by atoms with Gasteiger partial charge in [-0.1, -0.05) is 74.5 Å². The molecule has 0 atom stereocenters. The summed E-state index contributed by atoms with van der Waals surface area (Å²) in [5, 5.41) is 11.1. The highest BCUT2D eigenvalue weighted by atomic mass is 16.3. The summed E-state index contributed by atoms with van der Waals surface area (Å²) in [6.07, 6.45) is 1.60. The third-order valence-corrected chi connectivity index (χ3v) is 5.96. The first-order valence-corrected chi connectivity index (χ1v) is 11.1. The fraction of sp³-hybridized carbons (Fsp3) is 0.107. The molecular weight excluding hydrogens is 426 g/mol. The van der Waals surface area contributed by atoms with Crippen LogP contribution in [0.1, 0.15) is 42.0 Å². The zero-order valence-electron chi connectivity index (χ0n) is 18.8. The van der Waals surface area contributed by atoms with E-state index in [2.05, 4.69) is 18.8 Å². The minimum atomic E-state index is -0.703. The number of aromatic nitrogens is 2. The second kappa shape index (κ2) is 8.48. The van der Waals surface area contributed by atoms with Gasteiger partial charge in [0.2, 0.25) is 5.88 Å². The summed E-state index contributed by atoms with van der Waals surface area (Å²) in [6.45, 7) is 4.16. The number of aromatic amines is 1. The van der Waals surface area contributed by atoms with Gasteiger partial charge >= 0.3 is 5.69 Å². The SMILES string of the molecule is CC(C)c1ccc(-n2c(O)c(/C=C3/C(c4ccccc4)=Nc4ccccc43)c(=O)[nH]c2=O)cc1. The van der Waals surface area contributed by atoms with E-state index in [1.165, 1.54) is 0 Å². The molecule has 1 aliphatic rings. The van der Waals surface area contributed by atoms with Gasteiger partial charge in [0.1, 0.15) is 5.56 Å². The molecule has 0 bridgehead atoms. The predicted molar refractivity (Wildman–Crippen MR) is 135 cm³/mol.